The number of benzene rings is 2. The standard InChI is InChI=1S/C24H21ClN2O4S2/c1-4-31-23(30)20-13(2)26-24-27(21(20)14-5-8-17(32-3)9-6-14)22(29)19(33-24)12-15-11-16(25)7-10-18(15)28/h5-12,21,28H,4H2,1-3H3/b19-12-/t21-/m1/s1. The molecule has 1 atom stereocenters. The van der Waals surface area contributed by atoms with Gasteiger partial charge < -0.3 is 9.84 Å². The van der Waals surface area contributed by atoms with Crippen molar-refractivity contribution in [2.45, 2.75) is 24.8 Å². The summed E-state index contributed by atoms with van der Waals surface area (Å²) in [6.07, 6.45) is 3.57. The van der Waals surface area contributed by atoms with E-state index in [9.17, 15) is 14.7 Å². The second-order valence-corrected chi connectivity index (χ2v) is 9.60. The fraction of sp³-hybridized carbons (Fsp3) is 0.208. The van der Waals surface area contributed by atoms with Crippen LogP contribution in [-0.2, 0) is 9.53 Å². The molecule has 0 saturated carbocycles. The normalized spacial score (nSPS) is 15.9. The first-order valence-corrected chi connectivity index (χ1v) is 12.6. The summed E-state index contributed by atoms with van der Waals surface area (Å²) in [6, 6.07) is 11.7. The van der Waals surface area contributed by atoms with Crippen molar-refractivity contribution in [2.24, 2.45) is 4.99 Å². The molecule has 0 spiro atoms. The lowest BCUT2D eigenvalue weighted by molar-refractivity contribution is -0.139. The molecule has 0 unspecified atom stereocenters. The van der Waals surface area contributed by atoms with Crippen LogP contribution in [0.1, 0.15) is 31.0 Å². The van der Waals surface area contributed by atoms with Gasteiger partial charge in [0.05, 0.1) is 28.5 Å². The predicted molar refractivity (Wildman–Crippen MR) is 132 cm³/mol. The Balaban J connectivity index is 1.96. The minimum Gasteiger partial charge on any atom is -0.507 e. The second kappa shape index (κ2) is 9.59. The van der Waals surface area contributed by atoms with Crippen LogP contribution in [-0.4, -0.2) is 28.5 Å². The smallest absolute Gasteiger partial charge is 0.338 e. The maximum absolute atomic E-state index is 13.5. The highest BCUT2D eigenvalue weighted by Crippen LogP contribution is 2.31. The van der Waals surface area contributed by atoms with E-state index in [0.29, 0.717) is 31.2 Å². The summed E-state index contributed by atoms with van der Waals surface area (Å²) in [7, 11) is 0. The highest BCUT2D eigenvalue weighted by atomic mass is 35.5. The number of phenols is 1. The van der Waals surface area contributed by atoms with Gasteiger partial charge in [-0.15, -0.1) is 11.8 Å². The first-order chi connectivity index (χ1) is 15.8. The average Bonchev–Trinajstić information content (AvgIpc) is 3.10. The van der Waals surface area contributed by atoms with Crippen LogP contribution in [0, 0.1) is 0 Å². The van der Waals surface area contributed by atoms with Crippen molar-refractivity contribution in [3.05, 3.63) is 89.6 Å². The van der Waals surface area contributed by atoms with E-state index in [4.69, 9.17) is 16.3 Å². The van der Waals surface area contributed by atoms with Crippen molar-refractivity contribution in [2.75, 3.05) is 12.9 Å². The molecule has 3 aromatic rings. The molecule has 0 radical (unpaired) electrons. The Morgan fingerprint density at radius 3 is 2.70 bits per heavy atom. The van der Waals surface area contributed by atoms with E-state index < -0.39 is 12.0 Å². The Morgan fingerprint density at radius 2 is 2.03 bits per heavy atom. The highest BCUT2D eigenvalue weighted by Gasteiger charge is 2.33. The molecule has 1 aliphatic rings. The Morgan fingerprint density at radius 1 is 1.30 bits per heavy atom. The number of fused-ring (bicyclic) bond motifs is 1. The third-order valence-electron chi connectivity index (χ3n) is 5.22. The number of thiazole rings is 1. The Kier molecular flexibility index (Phi) is 6.78. The van der Waals surface area contributed by atoms with Gasteiger partial charge in [0, 0.05) is 15.5 Å². The molecule has 33 heavy (non-hydrogen) atoms. The molecule has 9 heteroatoms. The third-order valence-corrected chi connectivity index (χ3v) is 7.19. The number of ether oxygens (including phenoxy) is 1. The monoisotopic (exact) mass is 500 g/mol. The van der Waals surface area contributed by atoms with Crippen molar-refractivity contribution in [3.8, 4) is 5.75 Å². The summed E-state index contributed by atoms with van der Waals surface area (Å²) >= 11 is 8.87. The second-order valence-electron chi connectivity index (χ2n) is 7.28. The molecule has 1 aromatic heterocycles. The number of aromatic nitrogens is 1. The molecule has 0 fully saturated rings. The van der Waals surface area contributed by atoms with Gasteiger partial charge in [0.15, 0.2) is 4.80 Å². The van der Waals surface area contributed by atoms with Crippen LogP contribution >= 0.6 is 34.7 Å². The molecule has 0 amide bonds. The fourth-order valence-corrected chi connectivity index (χ4v) is 5.30. The molecule has 4 rings (SSSR count). The van der Waals surface area contributed by atoms with Crippen molar-refractivity contribution < 1.29 is 14.6 Å². The molecule has 0 saturated heterocycles. The maximum Gasteiger partial charge on any atom is 0.338 e. The van der Waals surface area contributed by atoms with Crippen molar-refractivity contribution in [1.29, 1.82) is 0 Å². The first kappa shape index (κ1) is 23.4. The Bertz CT molecular complexity index is 1440. The zero-order valence-corrected chi connectivity index (χ0v) is 20.6. The van der Waals surface area contributed by atoms with Crippen LogP contribution in [0.5, 0.6) is 5.75 Å². The average molecular weight is 501 g/mol. The zero-order valence-electron chi connectivity index (χ0n) is 18.2. The summed E-state index contributed by atoms with van der Waals surface area (Å²) in [5, 5.41) is 10.6. The summed E-state index contributed by atoms with van der Waals surface area (Å²) in [6.45, 7) is 3.70. The number of carbonyl (C=O) groups excluding carboxylic acids is 1. The lowest BCUT2D eigenvalue weighted by atomic mass is 9.96. The molecule has 1 N–H and O–H groups in total. The number of esters is 1. The van der Waals surface area contributed by atoms with Crippen LogP contribution in [0.2, 0.25) is 5.02 Å². The predicted octanol–water partition coefficient (Wildman–Crippen LogP) is 3.88. The van der Waals surface area contributed by atoms with E-state index in [1.165, 1.54) is 22.0 Å². The van der Waals surface area contributed by atoms with Gasteiger partial charge in [0.2, 0.25) is 0 Å². The van der Waals surface area contributed by atoms with E-state index in [-0.39, 0.29) is 17.9 Å². The number of hydrogen-bond acceptors (Lipinski definition) is 7. The van der Waals surface area contributed by atoms with Gasteiger partial charge in [-0.25, -0.2) is 9.79 Å². The van der Waals surface area contributed by atoms with Gasteiger partial charge in [0.1, 0.15) is 5.75 Å². The molecule has 2 aromatic carbocycles. The van der Waals surface area contributed by atoms with Crippen LogP contribution in [0.15, 0.2) is 68.4 Å². The largest absolute Gasteiger partial charge is 0.507 e. The number of nitrogens with zero attached hydrogens (tertiary/aromatic N) is 2. The van der Waals surface area contributed by atoms with Gasteiger partial charge >= 0.3 is 5.97 Å². The number of thioether (sulfide) groups is 1. The molecule has 1 aliphatic heterocycles. The minimum absolute atomic E-state index is 0.0119. The Hall–Kier alpha value is -2.81. The van der Waals surface area contributed by atoms with Crippen molar-refractivity contribution in [3.63, 3.8) is 0 Å². The number of halogens is 1. The van der Waals surface area contributed by atoms with Gasteiger partial charge in [-0.1, -0.05) is 35.1 Å². The van der Waals surface area contributed by atoms with Crippen LogP contribution in [0.3, 0.4) is 0 Å². The summed E-state index contributed by atoms with van der Waals surface area (Å²) in [5.41, 5.74) is 1.73. The van der Waals surface area contributed by atoms with Gasteiger partial charge in [-0.2, -0.15) is 0 Å². The van der Waals surface area contributed by atoms with E-state index >= 15 is 0 Å². The number of rotatable bonds is 5. The van der Waals surface area contributed by atoms with Crippen LogP contribution < -0.4 is 14.9 Å². The highest BCUT2D eigenvalue weighted by molar-refractivity contribution is 7.98. The topological polar surface area (TPSA) is 80.9 Å². The molecule has 0 bridgehead atoms. The fourth-order valence-electron chi connectivity index (χ4n) is 3.68. The molecule has 6 nitrogen and oxygen atoms in total. The lowest BCUT2D eigenvalue weighted by Gasteiger charge is -2.24. The zero-order chi connectivity index (χ0) is 23.7. The first-order valence-electron chi connectivity index (χ1n) is 10.2. The Labute approximate surface area is 203 Å². The summed E-state index contributed by atoms with van der Waals surface area (Å²) in [5.74, 6) is -0.489. The quantitative estimate of drug-likeness (QED) is 0.425. The molecule has 170 valence electrons. The van der Waals surface area contributed by atoms with Gasteiger partial charge in [-0.3, -0.25) is 9.36 Å². The van der Waals surface area contributed by atoms with E-state index in [0.717, 1.165) is 10.5 Å². The molecule has 2 heterocycles. The number of hydrogen-bond donors (Lipinski definition) is 1. The van der Waals surface area contributed by atoms with Crippen LogP contribution in [0.25, 0.3) is 6.08 Å². The minimum atomic E-state index is -0.675. The SMILES string of the molecule is CCOC(=O)C1=C(C)N=c2s/c(=C\c3cc(Cl)ccc3O)c(=O)n2[C@@H]1c1ccc(SC)cc1. The van der Waals surface area contributed by atoms with Crippen LogP contribution in [0.4, 0.5) is 0 Å². The van der Waals surface area contributed by atoms with Gasteiger partial charge in [0.25, 0.3) is 5.56 Å². The number of carbonyl (C=O) groups is 1. The number of allylic oxidation sites excluding steroid dienone is 1. The lowest BCUT2D eigenvalue weighted by Crippen LogP contribution is -2.39. The maximum atomic E-state index is 13.5. The molecular weight excluding hydrogens is 480 g/mol. The molecule has 0 aliphatic carbocycles. The third kappa shape index (κ3) is 4.51. The number of phenolic OH excluding ortho intramolecular Hbond substituents is 1. The molecular formula is C24H21ClN2O4S2. The summed E-state index contributed by atoms with van der Waals surface area (Å²) in [4.78, 5) is 32.5. The van der Waals surface area contributed by atoms with Gasteiger partial charge in [-0.05, 0) is 62.1 Å². The van der Waals surface area contributed by atoms with E-state index in [2.05, 4.69) is 4.99 Å². The van der Waals surface area contributed by atoms with Crippen molar-refractivity contribution in [1.82, 2.24) is 4.57 Å². The number of aromatic hydroxyl groups is 1. The van der Waals surface area contributed by atoms with E-state index in [1.54, 1.807) is 43.8 Å². The summed E-state index contributed by atoms with van der Waals surface area (Å²) < 4.78 is 7.20. The van der Waals surface area contributed by atoms with E-state index in [1.807, 2.05) is 30.5 Å². The van der Waals surface area contributed by atoms with Crippen molar-refractivity contribution >= 4 is 46.7 Å².